The molecule has 0 fully saturated rings. The predicted octanol–water partition coefficient (Wildman–Crippen LogP) is 11.0. The molecule has 2 nitrogen and oxygen atoms in total. The van der Waals surface area contributed by atoms with Crippen molar-refractivity contribution in [2.45, 2.75) is 24.9 Å². The van der Waals surface area contributed by atoms with Gasteiger partial charge in [-0.15, -0.1) is 0 Å². The summed E-state index contributed by atoms with van der Waals surface area (Å²) in [4.78, 5) is 4.89. The third kappa shape index (κ3) is 4.11. The average Bonchev–Trinajstić information content (AvgIpc) is 3.62. The molecular weight excluding hydrogens is 593 g/mol. The highest BCUT2D eigenvalue weighted by Crippen LogP contribution is 2.63. The third-order valence-electron chi connectivity index (χ3n) is 11.0. The molecule has 1 heterocycles. The number of anilines is 3. The molecule has 1 aliphatic heterocycles. The summed E-state index contributed by atoms with van der Waals surface area (Å²) >= 11 is 0. The SMILES string of the molecule is CN(Cc1ccc(N2c3ccccc3Cc3ccccc32)cc1)Cc1cccc2c1C1(c3ccccc3-c3ccccc31)c1ccccc1-2. The van der Waals surface area contributed by atoms with Crippen molar-refractivity contribution >= 4 is 17.1 Å². The highest BCUT2D eigenvalue weighted by Gasteiger charge is 2.52. The van der Waals surface area contributed by atoms with Crippen LogP contribution in [0.3, 0.4) is 0 Å². The van der Waals surface area contributed by atoms with Gasteiger partial charge in [0, 0.05) is 36.6 Å². The largest absolute Gasteiger partial charge is 0.310 e. The lowest BCUT2D eigenvalue weighted by Gasteiger charge is -2.33. The smallest absolute Gasteiger partial charge is 0.0728 e. The van der Waals surface area contributed by atoms with E-state index in [1.54, 1.807) is 0 Å². The van der Waals surface area contributed by atoms with E-state index >= 15 is 0 Å². The summed E-state index contributed by atoms with van der Waals surface area (Å²) in [6.07, 6.45) is 0.971. The Labute approximate surface area is 288 Å². The molecular formula is C47H36N2. The fourth-order valence-corrected chi connectivity index (χ4v) is 9.15. The number of hydrogen-bond acceptors (Lipinski definition) is 2. The van der Waals surface area contributed by atoms with Crippen LogP contribution in [0.4, 0.5) is 17.1 Å². The van der Waals surface area contributed by atoms with E-state index in [0.717, 1.165) is 19.5 Å². The lowest BCUT2D eigenvalue weighted by molar-refractivity contribution is 0.317. The van der Waals surface area contributed by atoms with Crippen LogP contribution in [0, 0.1) is 0 Å². The van der Waals surface area contributed by atoms with Gasteiger partial charge < -0.3 is 4.90 Å². The maximum absolute atomic E-state index is 2.47. The molecule has 10 rings (SSSR count). The molecule has 0 radical (unpaired) electrons. The normalized spacial score (nSPS) is 14.2. The fourth-order valence-electron chi connectivity index (χ4n) is 9.15. The van der Waals surface area contributed by atoms with Crippen molar-refractivity contribution in [3.05, 3.63) is 208 Å². The standard InChI is InChI=1S/C47H36N2/c1-48(30-32-25-27-36(28-26-32)49-44-23-10-2-13-33(44)29-34-14-3-11-24-45(34)49)31-35-15-12-19-40-39-18-6-9-22-43(39)47(46(35)40)41-20-7-4-16-37(41)38-17-5-8-21-42(38)47/h2-28H,29-31H2,1H3. The molecule has 234 valence electrons. The van der Waals surface area contributed by atoms with E-state index in [1.807, 2.05) is 0 Å². The second kappa shape index (κ2) is 10.9. The molecule has 0 aromatic heterocycles. The molecule has 0 saturated heterocycles. The van der Waals surface area contributed by atoms with E-state index in [0.29, 0.717) is 0 Å². The van der Waals surface area contributed by atoms with Crippen LogP contribution < -0.4 is 4.90 Å². The first-order chi connectivity index (χ1) is 24.2. The number of hydrogen-bond donors (Lipinski definition) is 0. The predicted molar refractivity (Wildman–Crippen MR) is 202 cm³/mol. The molecule has 0 saturated carbocycles. The lowest BCUT2D eigenvalue weighted by Crippen LogP contribution is -2.28. The molecule has 7 aromatic carbocycles. The number of para-hydroxylation sites is 2. The summed E-state index contributed by atoms with van der Waals surface area (Å²) in [5.41, 5.74) is 19.9. The summed E-state index contributed by atoms with van der Waals surface area (Å²) < 4.78 is 0. The Hall–Kier alpha value is -5.70. The molecule has 7 aromatic rings. The summed E-state index contributed by atoms with van der Waals surface area (Å²) in [7, 11) is 2.26. The molecule has 2 aliphatic carbocycles. The quantitative estimate of drug-likeness (QED) is 0.187. The molecule has 0 bridgehead atoms. The molecule has 0 unspecified atom stereocenters. The Morgan fingerprint density at radius 1 is 0.490 bits per heavy atom. The summed E-state index contributed by atoms with van der Waals surface area (Å²) in [6, 6.07) is 61.0. The average molecular weight is 629 g/mol. The molecule has 2 heteroatoms. The van der Waals surface area contributed by atoms with Gasteiger partial charge in [0.15, 0.2) is 0 Å². The van der Waals surface area contributed by atoms with Crippen molar-refractivity contribution < 1.29 is 0 Å². The second-order valence-corrected chi connectivity index (χ2v) is 13.8. The zero-order valence-electron chi connectivity index (χ0n) is 27.6. The Morgan fingerprint density at radius 2 is 0.980 bits per heavy atom. The van der Waals surface area contributed by atoms with Crippen LogP contribution in [0.15, 0.2) is 164 Å². The number of benzene rings is 7. The van der Waals surface area contributed by atoms with Gasteiger partial charge in [0.1, 0.15) is 0 Å². The van der Waals surface area contributed by atoms with Crippen LogP contribution in [0.5, 0.6) is 0 Å². The first kappa shape index (κ1) is 28.3. The lowest BCUT2D eigenvalue weighted by atomic mass is 9.69. The first-order valence-corrected chi connectivity index (χ1v) is 17.4. The summed E-state index contributed by atoms with van der Waals surface area (Å²) in [5, 5.41) is 0. The number of rotatable bonds is 5. The Kier molecular flexibility index (Phi) is 6.31. The van der Waals surface area contributed by atoms with Gasteiger partial charge in [0.2, 0.25) is 0 Å². The van der Waals surface area contributed by atoms with Crippen LogP contribution in [0.2, 0.25) is 0 Å². The van der Waals surface area contributed by atoms with Crippen molar-refractivity contribution in [3.63, 3.8) is 0 Å². The van der Waals surface area contributed by atoms with Crippen molar-refractivity contribution in [2.75, 3.05) is 11.9 Å². The highest BCUT2D eigenvalue weighted by atomic mass is 15.2. The van der Waals surface area contributed by atoms with Gasteiger partial charge in [0.05, 0.1) is 5.41 Å². The first-order valence-electron chi connectivity index (χ1n) is 17.4. The maximum atomic E-state index is 2.47. The number of nitrogens with zero attached hydrogens (tertiary/aromatic N) is 2. The van der Waals surface area contributed by atoms with Crippen LogP contribution in [0.1, 0.15) is 44.5 Å². The van der Waals surface area contributed by atoms with Crippen LogP contribution in [-0.2, 0) is 24.9 Å². The third-order valence-corrected chi connectivity index (χ3v) is 11.0. The van der Waals surface area contributed by atoms with Gasteiger partial charge in [0.25, 0.3) is 0 Å². The van der Waals surface area contributed by atoms with Crippen LogP contribution in [0.25, 0.3) is 22.3 Å². The van der Waals surface area contributed by atoms with Crippen molar-refractivity contribution in [2.24, 2.45) is 0 Å². The summed E-state index contributed by atoms with van der Waals surface area (Å²) in [6.45, 7) is 1.72. The minimum Gasteiger partial charge on any atom is -0.310 e. The molecule has 0 N–H and O–H groups in total. The van der Waals surface area contributed by atoms with Crippen molar-refractivity contribution in [1.29, 1.82) is 0 Å². The van der Waals surface area contributed by atoms with Gasteiger partial charge in [-0.05, 0) is 98.1 Å². The molecule has 0 amide bonds. The monoisotopic (exact) mass is 628 g/mol. The zero-order chi connectivity index (χ0) is 32.5. The van der Waals surface area contributed by atoms with Crippen molar-refractivity contribution in [3.8, 4) is 22.3 Å². The van der Waals surface area contributed by atoms with E-state index in [-0.39, 0.29) is 5.41 Å². The van der Waals surface area contributed by atoms with Crippen LogP contribution in [-0.4, -0.2) is 11.9 Å². The Morgan fingerprint density at radius 3 is 1.57 bits per heavy atom. The molecule has 0 atom stereocenters. The van der Waals surface area contributed by atoms with Crippen LogP contribution >= 0.6 is 0 Å². The minimum absolute atomic E-state index is 0.320. The number of fused-ring (bicyclic) bond motifs is 12. The maximum Gasteiger partial charge on any atom is 0.0728 e. The highest BCUT2D eigenvalue weighted by molar-refractivity contribution is 5.95. The fraction of sp³-hybridized carbons (Fsp3) is 0.106. The summed E-state index contributed by atoms with van der Waals surface area (Å²) in [5.74, 6) is 0. The van der Waals surface area contributed by atoms with Gasteiger partial charge in [-0.2, -0.15) is 0 Å². The van der Waals surface area contributed by atoms with Crippen molar-refractivity contribution in [1.82, 2.24) is 4.90 Å². The second-order valence-electron chi connectivity index (χ2n) is 13.8. The Bertz CT molecular complexity index is 2290. The minimum atomic E-state index is -0.320. The van der Waals surface area contributed by atoms with E-state index in [9.17, 15) is 0 Å². The molecule has 1 spiro atoms. The van der Waals surface area contributed by atoms with Gasteiger partial charge in [-0.3, -0.25) is 4.90 Å². The Balaban J connectivity index is 1.01. The topological polar surface area (TPSA) is 6.48 Å². The molecule has 3 aliphatic rings. The zero-order valence-corrected chi connectivity index (χ0v) is 27.6. The van der Waals surface area contributed by atoms with E-state index < -0.39 is 0 Å². The molecule has 49 heavy (non-hydrogen) atoms. The van der Waals surface area contributed by atoms with Gasteiger partial charge >= 0.3 is 0 Å². The van der Waals surface area contributed by atoms with E-state index in [4.69, 9.17) is 0 Å². The van der Waals surface area contributed by atoms with Gasteiger partial charge in [-0.25, -0.2) is 0 Å². The van der Waals surface area contributed by atoms with E-state index in [1.165, 1.54) is 83.8 Å². The van der Waals surface area contributed by atoms with E-state index in [2.05, 4.69) is 181 Å². The van der Waals surface area contributed by atoms with Gasteiger partial charge in [-0.1, -0.05) is 140 Å².